The molecule has 4 rings (SSSR count). The number of amides is 1. The topological polar surface area (TPSA) is 59.0 Å². The molecule has 2 atom stereocenters. The van der Waals surface area contributed by atoms with Gasteiger partial charge >= 0.3 is 0 Å². The third-order valence-electron chi connectivity index (χ3n) is 5.04. The van der Waals surface area contributed by atoms with Gasteiger partial charge in [0.1, 0.15) is 11.9 Å². The Kier molecular flexibility index (Phi) is 3.65. The van der Waals surface area contributed by atoms with E-state index in [1.54, 1.807) is 18.1 Å². The maximum Gasteiger partial charge on any atom is 0.254 e. The summed E-state index contributed by atoms with van der Waals surface area (Å²) < 4.78 is 24.4. The number of nitrogens with zero attached hydrogens (tertiary/aromatic N) is 1. The van der Waals surface area contributed by atoms with Crippen LogP contribution >= 0.6 is 0 Å². The van der Waals surface area contributed by atoms with Crippen molar-refractivity contribution in [3.8, 4) is 11.5 Å². The normalized spacial score (nSPS) is 21.3. The molecule has 5 nitrogen and oxygen atoms in total. The second kappa shape index (κ2) is 5.74. The van der Waals surface area contributed by atoms with Crippen LogP contribution in [0.15, 0.2) is 30.3 Å². The predicted molar refractivity (Wildman–Crippen MR) is 88.4 cm³/mol. The first-order valence-corrected chi connectivity index (χ1v) is 8.08. The lowest BCUT2D eigenvalue weighted by Crippen LogP contribution is -2.46. The fourth-order valence-electron chi connectivity index (χ4n) is 3.84. The Morgan fingerprint density at radius 2 is 1.84 bits per heavy atom. The van der Waals surface area contributed by atoms with Crippen LogP contribution in [0.3, 0.4) is 0 Å². The number of hydrogen-bond donors (Lipinski definition) is 1. The molecule has 2 aromatic carbocycles. The maximum absolute atomic E-state index is 13.7. The minimum absolute atomic E-state index is 0.189. The molecule has 0 fully saturated rings. The zero-order valence-corrected chi connectivity index (χ0v) is 14.0. The molecule has 0 aromatic heterocycles. The molecular weight excluding hydrogens is 325 g/mol. The summed E-state index contributed by atoms with van der Waals surface area (Å²) >= 11 is 0. The van der Waals surface area contributed by atoms with Gasteiger partial charge in [0.15, 0.2) is 11.5 Å². The van der Waals surface area contributed by atoms with Crippen LogP contribution in [0.5, 0.6) is 11.5 Å². The van der Waals surface area contributed by atoms with E-state index in [1.165, 1.54) is 25.3 Å². The van der Waals surface area contributed by atoms with Crippen LogP contribution in [0, 0.1) is 5.82 Å². The van der Waals surface area contributed by atoms with Gasteiger partial charge in [0.05, 0.1) is 20.3 Å². The van der Waals surface area contributed by atoms with Crippen LogP contribution in [0.25, 0.3) is 0 Å². The monoisotopic (exact) mass is 343 g/mol. The van der Waals surface area contributed by atoms with E-state index in [0.717, 1.165) is 11.1 Å². The lowest BCUT2D eigenvalue weighted by Gasteiger charge is -2.44. The second-order valence-corrected chi connectivity index (χ2v) is 6.28. The van der Waals surface area contributed by atoms with Crippen molar-refractivity contribution in [1.82, 2.24) is 4.90 Å². The Bertz CT molecular complexity index is 867. The standard InChI is InChI=1S/C19H18FNO4/c1-24-15-7-10-5-6-21-17(13(10)9-16(15)25-2)18(22)14-8-11(20)3-4-12(14)19(21)23/h3-4,7-9,17-18,22H,5-6H2,1-2H3/t17-,18+/m0/s1. The number of methoxy groups -OCH3 is 2. The number of carbonyl (C=O) groups is 1. The first-order chi connectivity index (χ1) is 12.0. The van der Waals surface area contributed by atoms with Crippen molar-refractivity contribution < 1.29 is 23.8 Å². The SMILES string of the molecule is COc1cc2c(cc1OC)[C@H]1[C@H](O)c3cc(F)ccc3C(=O)N1CC2. The highest BCUT2D eigenvalue weighted by Gasteiger charge is 2.43. The molecule has 0 bridgehead atoms. The van der Waals surface area contributed by atoms with E-state index in [1.807, 2.05) is 6.07 Å². The van der Waals surface area contributed by atoms with Crippen LogP contribution < -0.4 is 9.47 Å². The van der Waals surface area contributed by atoms with Crippen molar-refractivity contribution in [2.75, 3.05) is 20.8 Å². The molecule has 2 heterocycles. The third kappa shape index (κ3) is 2.28. The Labute approximate surface area is 144 Å². The van der Waals surface area contributed by atoms with Crippen LogP contribution in [-0.2, 0) is 6.42 Å². The first-order valence-electron chi connectivity index (χ1n) is 8.08. The molecule has 130 valence electrons. The Morgan fingerprint density at radius 1 is 1.12 bits per heavy atom. The van der Waals surface area contributed by atoms with E-state index in [0.29, 0.717) is 35.6 Å². The molecule has 1 amide bonds. The summed E-state index contributed by atoms with van der Waals surface area (Å²) in [5.41, 5.74) is 2.48. The van der Waals surface area contributed by atoms with Crippen LogP contribution in [0.1, 0.15) is 39.2 Å². The molecule has 6 heteroatoms. The van der Waals surface area contributed by atoms with Crippen molar-refractivity contribution in [2.45, 2.75) is 18.6 Å². The van der Waals surface area contributed by atoms with E-state index in [-0.39, 0.29) is 5.91 Å². The summed E-state index contributed by atoms with van der Waals surface area (Å²) in [6.45, 7) is 0.486. The molecular formula is C19H18FNO4. The summed E-state index contributed by atoms with van der Waals surface area (Å²) in [4.78, 5) is 14.5. The number of benzene rings is 2. The minimum atomic E-state index is -0.999. The van der Waals surface area contributed by atoms with Gasteiger partial charge in [0.2, 0.25) is 0 Å². The molecule has 0 radical (unpaired) electrons. The van der Waals surface area contributed by atoms with E-state index in [2.05, 4.69) is 0 Å². The van der Waals surface area contributed by atoms with Gasteiger partial charge in [-0.3, -0.25) is 4.79 Å². The van der Waals surface area contributed by atoms with E-state index in [9.17, 15) is 14.3 Å². The van der Waals surface area contributed by atoms with Crippen LogP contribution in [-0.4, -0.2) is 36.7 Å². The van der Waals surface area contributed by atoms with Gasteiger partial charge in [-0.15, -0.1) is 0 Å². The van der Waals surface area contributed by atoms with Crippen molar-refractivity contribution in [1.29, 1.82) is 0 Å². The van der Waals surface area contributed by atoms with Gasteiger partial charge in [-0.2, -0.15) is 0 Å². The molecule has 1 N–H and O–H groups in total. The number of fused-ring (bicyclic) bond motifs is 4. The zero-order valence-electron chi connectivity index (χ0n) is 14.0. The molecule has 0 spiro atoms. The van der Waals surface area contributed by atoms with Crippen LogP contribution in [0.4, 0.5) is 4.39 Å². The average Bonchev–Trinajstić information content (AvgIpc) is 2.63. The number of hydrogen-bond acceptors (Lipinski definition) is 4. The predicted octanol–water partition coefficient (Wildman–Crippen LogP) is 2.63. The Hall–Kier alpha value is -2.60. The highest BCUT2D eigenvalue weighted by Crippen LogP contribution is 2.47. The van der Waals surface area contributed by atoms with Crippen molar-refractivity contribution in [3.05, 3.63) is 58.4 Å². The molecule has 0 unspecified atom stereocenters. The highest BCUT2D eigenvalue weighted by atomic mass is 19.1. The molecule has 0 aliphatic carbocycles. The third-order valence-corrected chi connectivity index (χ3v) is 5.04. The lowest BCUT2D eigenvalue weighted by atomic mass is 9.81. The lowest BCUT2D eigenvalue weighted by molar-refractivity contribution is 0.0212. The number of aliphatic hydroxyl groups excluding tert-OH is 1. The highest BCUT2D eigenvalue weighted by molar-refractivity contribution is 5.97. The molecule has 2 aliphatic rings. The summed E-state index contributed by atoms with van der Waals surface area (Å²) in [6, 6.07) is 7.04. The van der Waals surface area contributed by atoms with Gasteiger partial charge in [-0.1, -0.05) is 0 Å². The minimum Gasteiger partial charge on any atom is -0.493 e. The Balaban J connectivity index is 1.88. The van der Waals surface area contributed by atoms with E-state index in [4.69, 9.17) is 9.47 Å². The van der Waals surface area contributed by atoms with Crippen molar-refractivity contribution >= 4 is 5.91 Å². The number of ether oxygens (including phenoxy) is 2. The Morgan fingerprint density at radius 3 is 2.56 bits per heavy atom. The van der Waals surface area contributed by atoms with Gasteiger partial charge in [-0.25, -0.2) is 4.39 Å². The van der Waals surface area contributed by atoms with Gasteiger partial charge < -0.3 is 19.5 Å². The largest absolute Gasteiger partial charge is 0.493 e. The number of carbonyl (C=O) groups excluding carboxylic acids is 1. The van der Waals surface area contributed by atoms with Crippen LogP contribution in [0.2, 0.25) is 0 Å². The summed E-state index contributed by atoms with van der Waals surface area (Å²) in [5, 5.41) is 10.9. The zero-order chi connectivity index (χ0) is 17.7. The molecule has 0 saturated carbocycles. The maximum atomic E-state index is 13.7. The van der Waals surface area contributed by atoms with E-state index < -0.39 is 18.0 Å². The van der Waals surface area contributed by atoms with Crippen molar-refractivity contribution in [3.63, 3.8) is 0 Å². The van der Waals surface area contributed by atoms with Gasteiger partial charge in [0, 0.05) is 12.1 Å². The molecule has 2 aromatic rings. The first kappa shape index (κ1) is 15.9. The van der Waals surface area contributed by atoms with E-state index >= 15 is 0 Å². The summed E-state index contributed by atoms with van der Waals surface area (Å²) in [7, 11) is 3.11. The summed E-state index contributed by atoms with van der Waals surface area (Å²) in [6.07, 6.45) is -0.346. The van der Waals surface area contributed by atoms with Gasteiger partial charge in [-0.05, 0) is 53.4 Å². The molecule has 0 saturated heterocycles. The average molecular weight is 343 g/mol. The quantitative estimate of drug-likeness (QED) is 0.911. The fourth-order valence-corrected chi connectivity index (χ4v) is 3.84. The number of rotatable bonds is 2. The second-order valence-electron chi connectivity index (χ2n) is 6.28. The number of halogens is 1. The molecule has 2 aliphatic heterocycles. The molecule has 25 heavy (non-hydrogen) atoms. The summed E-state index contributed by atoms with van der Waals surface area (Å²) in [5.74, 6) is 0.485. The smallest absolute Gasteiger partial charge is 0.254 e. The van der Waals surface area contributed by atoms with Crippen molar-refractivity contribution in [2.24, 2.45) is 0 Å². The van der Waals surface area contributed by atoms with Gasteiger partial charge in [0.25, 0.3) is 5.91 Å². The number of aliphatic hydroxyl groups is 1. The fraction of sp³-hybridized carbons (Fsp3) is 0.316.